The molecule has 0 saturated heterocycles. The van der Waals surface area contributed by atoms with Crippen molar-refractivity contribution < 1.29 is 24.4 Å². The van der Waals surface area contributed by atoms with E-state index in [2.05, 4.69) is 8.81 Å². The zero-order valence-corrected chi connectivity index (χ0v) is 8.43. The fourth-order valence-corrected chi connectivity index (χ4v) is 0.781. The molecule has 0 bridgehead atoms. The van der Waals surface area contributed by atoms with Crippen LogP contribution in [0.3, 0.4) is 0 Å². The number of rotatable bonds is 3. The molecule has 4 heteroatoms. The first-order valence-electron chi connectivity index (χ1n) is 2.69. The molecule has 0 aliphatic heterocycles. The van der Waals surface area contributed by atoms with E-state index in [1.165, 1.54) is 0 Å². The molecule has 0 atom stereocenters. The maximum absolute atomic E-state index is 10.6. The number of carbonyl (C=O) groups is 1. The van der Waals surface area contributed by atoms with E-state index in [4.69, 9.17) is 0 Å². The van der Waals surface area contributed by atoms with E-state index in [0.717, 1.165) is 19.6 Å². The number of carbonyl (C=O) groups excluding carboxylic acids is 1. The third-order valence-electron chi connectivity index (χ3n) is 0.602. The van der Waals surface area contributed by atoms with Gasteiger partial charge >= 0.3 is 65.6 Å². The minimum atomic E-state index is -0.111. The van der Waals surface area contributed by atoms with Gasteiger partial charge in [0.25, 0.3) is 0 Å². The minimum absolute atomic E-state index is 0.106. The normalized spacial score (nSPS) is 9.22. The Kier molecular flexibility index (Phi) is 4.78. The Hall–Kier alpha value is -0.0417. The van der Waals surface area contributed by atoms with Gasteiger partial charge in [-0.25, -0.2) is 0 Å². The van der Waals surface area contributed by atoms with Crippen molar-refractivity contribution >= 4 is 5.91 Å². The summed E-state index contributed by atoms with van der Waals surface area (Å²) in [6.45, 7) is 4.01. The fourth-order valence-electron chi connectivity index (χ4n) is 0.384. The summed E-state index contributed by atoms with van der Waals surface area (Å²) in [5, 5.41) is 3.75. The topological polar surface area (TPSA) is 43.5 Å². The van der Waals surface area contributed by atoms with E-state index >= 15 is 0 Å². The molecule has 3 nitrogen and oxygen atoms in total. The maximum atomic E-state index is 10.6. The van der Waals surface area contributed by atoms with Crippen LogP contribution in [0.5, 0.6) is 0 Å². The van der Waals surface area contributed by atoms with Crippen LogP contribution < -0.4 is 0 Å². The van der Waals surface area contributed by atoms with Crippen LogP contribution in [0.2, 0.25) is 0 Å². The Labute approximate surface area is 66.0 Å². The van der Waals surface area contributed by atoms with Crippen molar-refractivity contribution in [3.8, 4) is 0 Å². The van der Waals surface area contributed by atoms with Gasteiger partial charge in [0.15, 0.2) is 0 Å². The molecular weight excluding hydrogens is 288 g/mol. The molecule has 0 spiro atoms. The number of hydrogen-bond acceptors (Lipinski definition) is 2. The van der Waals surface area contributed by atoms with Crippen molar-refractivity contribution in [1.29, 1.82) is 0 Å². The molecule has 0 saturated carbocycles. The summed E-state index contributed by atoms with van der Waals surface area (Å²) < 4.78 is 3.73. The van der Waals surface area contributed by atoms with Gasteiger partial charge in [-0.15, -0.1) is 0 Å². The predicted octanol–water partition coefficient (Wildman–Crippen LogP) is 1.03. The van der Waals surface area contributed by atoms with Crippen LogP contribution in [0.1, 0.15) is 13.8 Å². The van der Waals surface area contributed by atoms with Crippen molar-refractivity contribution in [1.82, 2.24) is 0 Å². The van der Waals surface area contributed by atoms with Crippen LogP contribution in [0.25, 0.3) is 5.32 Å². The van der Waals surface area contributed by atoms with Crippen LogP contribution >= 0.6 is 0 Å². The molecule has 0 aromatic carbocycles. The third kappa shape index (κ3) is 5.84. The van der Waals surface area contributed by atoms with E-state index in [9.17, 15) is 4.79 Å². The molecule has 1 amide bonds. The molecule has 0 aromatic rings. The molecule has 0 heterocycles. The summed E-state index contributed by atoms with van der Waals surface area (Å²) in [6.07, 6.45) is 0. The molecule has 9 heavy (non-hydrogen) atoms. The summed E-state index contributed by atoms with van der Waals surface area (Å²) >= 11 is 1.08. The van der Waals surface area contributed by atoms with Gasteiger partial charge in [0.05, 0.1) is 0 Å². The second-order valence-corrected chi connectivity index (χ2v) is 2.83. The molecule has 0 aromatic heterocycles. The molecule has 0 N–H and O–H groups in total. The first kappa shape index (κ1) is 8.96. The van der Waals surface area contributed by atoms with Crippen LogP contribution in [0.4, 0.5) is 0 Å². The van der Waals surface area contributed by atoms with Crippen molar-refractivity contribution in [3.05, 3.63) is 5.32 Å². The Morgan fingerprint density at radius 3 is 2.67 bits per heavy atom. The Balaban J connectivity index is 3.38. The van der Waals surface area contributed by atoms with Gasteiger partial charge in [0, 0.05) is 0 Å². The van der Waals surface area contributed by atoms with E-state index in [-0.39, 0.29) is 18.5 Å². The van der Waals surface area contributed by atoms with Crippen molar-refractivity contribution in [2.75, 3.05) is 6.54 Å². The van der Waals surface area contributed by atoms with Gasteiger partial charge in [0.1, 0.15) is 0 Å². The molecule has 52 valence electrons. The van der Waals surface area contributed by atoms with Gasteiger partial charge < -0.3 is 0 Å². The van der Waals surface area contributed by atoms with Crippen LogP contribution in [-0.2, 0) is 24.4 Å². The van der Waals surface area contributed by atoms with Crippen LogP contribution in [-0.4, -0.2) is 18.5 Å². The molecular formula is C5H9N2OW-. The second-order valence-electron chi connectivity index (χ2n) is 1.90. The van der Waals surface area contributed by atoms with Crippen LogP contribution in [0, 0.1) is 0 Å². The fraction of sp³-hybridized carbons (Fsp3) is 0.800. The summed E-state index contributed by atoms with van der Waals surface area (Å²) in [5.41, 5.74) is 0. The van der Waals surface area contributed by atoms with E-state index < -0.39 is 0 Å². The zero-order valence-electron chi connectivity index (χ0n) is 5.50. The van der Waals surface area contributed by atoms with E-state index in [1.54, 1.807) is 0 Å². The standard InChI is InChI=1S/C5H10N2O.W/c1-4(2)7-5(8)3-6;/h4H,3H2,1-2H3,(H,7,8);/p-1. The monoisotopic (exact) mass is 297 g/mol. The molecule has 0 rings (SSSR count). The first-order valence-corrected chi connectivity index (χ1v) is 4.00. The van der Waals surface area contributed by atoms with E-state index in [1.807, 2.05) is 13.8 Å². The summed E-state index contributed by atoms with van der Waals surface area (Å²) in [7, 11) is 0. The predicted molar refractivity (Wildman–Crippen MR) is 30.8 cm³/mol. The van der Waals surface area contributed by atoms with Crippen molar-refractivity contribution in [2.24, 2.45) is 3.50 Å². The summed E-state index contributed by atoms with van der Waals surface area (Å²) in [4.78, 5) is 10.6. The Morgan fingerprint density at radius 2 is 2.33 bits per heavy atom. The first-order chi connectivity index (χ1) is 4.16. The molecule has 0 radical (unpaired) electrons. The van der Waals surface area contributed by atoms with Gasteiger partial charge in [-0.05, 0) is 0 Å². The summed E-state index contributed by atoms with van der Waals surface area (Å²) in [6, 6.07) is 0.106. The van der Waals surface area contributed by atoms with Gasteiger partial charge in [-0.1, -0.05) is 0 Å². The number of hydrogen-bond donors (Lipinski definition) is 0. The molecule has 0 fully saturated rings. The number of nitrogens with zero attached hydrogens (tertiary/aromatic N) is 2. The molecule has 0 aliphatic rings. The third-order valence-corrected chi connectivity index (χ3v) is 1.07. The van der Waals surface area contributed by atoms with Gasteiger partial charge in [0.2, 0.25) is 0 Å². The Bertz CT molecular complexity index is 114. The Morgan fingerprint density at radius 1 is 1.78 bits per heavy atom. The van der Waals surface area contributed by atoms with E-state index in [0.29, 0.717) is 0 Å². The average molecular weight is 297 g/mol. The second kappa shape index (κ2) is 4.80. The van der Waals surface area contributed by atoms with Crippen molar-refractivity contribution in [2.45, 2.75) is 19.9 Å². The SMILES string of the molecule is CC(C)[N-]C(=O)C[N]=[W]. The van der Waals surface area contributed by atoms with Crippen LogP contribution in [0.15, 0.2) is 3.50 Å². The average Bonchev–Trinajstić information content (AvgIpc) is 1.63. The van der Waals surface area contributed by atoms with Gasteiger partial charge in [-0.3, -0.25) is 0 Å². The number of amides is 1. The molecule has 0 unspecified atom stereocenters. The van der Waals surface area contributed by atoms with Crippen molar-refractivity contribution in [3.63, 3.8) is 0 Å². The van der Waals surface area contributed by atoms with Gasteiger partial charge in [-0.2, -0.15) is 0 Å². The quantitative estimate of drug-likeness (QED) is 0.767. The summed E-state index contributed by atoms with van der Waals surface area (Å²) in [5.74, 6) is -0.111. The molecule has 0 aliphatic carbocycles. The zero-order chi connectivity index (χ0) is 7.28.